The summed E-state index contributed by atoms with van der Waals surface area (Å²) in [4.78, 5) is 4.30. The summed E-state index contributed by atoms with van der Waals surface area (Å²) in [6.07, 6.45) is 3.57. The third kappa shape index (κ3) is 2.43. The number of hydrogen-bond acceptors (Lipinski definition) is 4. The molecule has 0 aliphatic rings. The molecule has 0 bridgehead atoms. The number of pyridine rings is 1. The average Bonchev–Trinajstić information content (AvgIpc) is 2.73. The first-order valence-corrected chi connectivity index (χ1v) is 5.25. The van der Waals surface area contributed by atoms with E-state index in [0.29, 0.717) is 0 Å². The average molecular weight is 217 g/mol. The fourth-order valence-electron chi connectivity index (χ4n) is 1.47. The molecule has 0 radical (unpaired) electrons. The molecule has 0 aliphatic heterocycles. The van der Waals surface area contributed by atoms with Gasteiger partial charge in [-0.15, -0.1) is 5.10 Å². The van der Waals surface area contributed by atoms with E-state index in [0.717, 1.165) is 17.9 Å². The van der Waals surface area contributed by atoms with Crippen LogP contribution in [0.4, 0.5) is 0 Å². The Hall–Kier alpha value is -1.75. The molecule has 5 nitrogen and oxygen atoms in total. The van der Waals surface area contributed by atoms with E-state index in [1.807, 2.05) is 25.2 Å². The maximum atomic E-state index is 4.30. The second-order valence-corrected chi connectivity index (χ2v) is 3.71. The Morgan fingerprint density at radius 2 is 2.31 bits per heavy atom. The Morgan fingerprint density at radius 3 is 2.94 bits per heavy atom. The van der Waals surface area contributed by atoms with Crippen LogP contribution >= 0.6 is 0 Å². The van der Waals surface area contributed by atoms with Crippen LogP contribution in [0.5, 0.6) is 0 Å². The van der Waals surface area contributed by atoms with E-state index in [9.17, 15) is 0 Å². The highest BCUT2D eigenvalue weighted by molar-refractivity contribution is 5.08. The lowest BCUT2D eigenvalue weighted by Gasteiger charge is -2.12. The molecule has 0 fully saturated rings. The van der Waals surface area contributed by atoms with E-state index in [1.54, 1.807) is 17.1 Å². The fraction of sp³-hybridized carbons (Fsp3) is 0.364. The van der Waals surface area contributed by atoms with E-state index in [2.05, 4.69) is 27.5 Å². The summed E-state index contributed by atoms with van der Waals surface area (Å²) in [7, 11) is 1.88. The highest BCUT2D eigenvalue weighted by Gasteiger charge is 2.06. The first-order valence-electron chi connectivity index (χ1n) is 5.25. The molecule has 2 aromatic rings. The predicted molar refractivity (Wildman–Crippen MR) is 60.5 cm³/mol. The summed E-state index contributed by atoms with van der Waals surface area (Å²) in [6, 6.07) is 6.14. The number of hydrogen-bond donors (Lipinski definition) is 1. The van der Waals surface area contributed by atoms with Crippen molar-refractivity contribution < 1.29 is 0 Å². The molecule has 0 amide bonds. The van der Waals surface area contributed by atoms with Gasteiger partial charge in [0, 0.05) is 25.8 Å². The van der Waals surface area contributed by atoms with Gasteiger partial charge in [-0.25, -0.2) is 0 Å². The Labute approximate surface area is 94.5 Å². The number of nitrogens with one attached hydrogen (secondary N) is 1. The molecule has 0 spiro atoms. The maximum absolute atomic E-state index is 4.30. The van der Waals surface area contributed by atoms with Gasteiger partial charge in [0.25, 0.3) is 0 Å². The van der Waals surface area contributed by atoms with Gasteiger partial charge in [0.2, 0.25) is 0 Å². The van der Waals surface area contributed by atoms with E-state index in [4.69, 9.17) is 0 Å². The van der Waals surface area contributed by atoms with Gasteiger partial charge in [-0.05, 0) is 19.1 Å². The van der Waals surface area contributed by atoms with Crippen LogP contribution in [0.1, 0.15) is 24.4 Å². The van der Waals surface area contributed by atoms with Crippen molar-refractivity contribution in [3.05, 3.63) is 42.0 Å². The number of rotatable bonds is 4. The molecule has 5 heteroatoms. The highest BCUT2D eigenvalue weighted by Crippen LogP contribution is 2.08. The fourth-order valence-corrected chi connectivity index (χ4v) is 1.47. The highest BCUT2D eigenvalue weighted by atomic mass is 15.4. The van der Waals surface area contributed by atoms with Gasteiger partial charge in [0.15, 0.2) is 0 Å². The van der Waals surface area contributed by atoms with E-state index < -0.39 is 0 Å². The number of aryl methyl sites for hydroxylation is 1. The van der Waals surface area contributed by atoms with Crippen molar-refractivity contribution in [2.24, 2.45) is 7.05 Å². The molecule has 2 rings (SSSR count). The monoisotopic (exact) mass is 217 g/mol. The van der Waals surface area contributed by atoms with Crippen LogP contribution in [-0.2, 0) is 13.6 Å². The molecule has 0 saturated carbocycles. The van der Waals surface area contributed by atoms with Gasteiger partial charge in [-0.1, -0.05) is 11.3 Å². The molecule has 0 aromatic carbocycles. The lowest BCUT2D eigenvalue weighted by atomic mass is 10.2. The van der Waals surface area contributed by atoms with E-state index in [-0.39, 0.29) is 6.04 Å². The molecule has 2 aromatic heterocycles. The quantitative estimate of drug-likeness (QED) is 0.832. The molecule has 0 saturated heterocycles. The normalized spacial score (nSPS) is 12.6. The second-order valence-electron chi connectivity index (χ2n) is 3.71. The third-order valence-corrected chi connectivity index (χ3v) is 2.53. The zero-order chi connectivity index (χ0) is 11.4. The van der Waals surface area contributed by atoms with E-state index >= 15 is 0 Å². The number of aromatic nitrogens is 4. The molecule has 1 N–H and O–H groups in total. The van der Waals surface area contributed by atoms with Crippen LogP contribution in [0.15, 0.2) is 30.6 Å². The lowest BCUT2D eigenvalue weighted by Crippen LogP contribution is -2.20. The van der Waals surface area contributed by atoms with Crippen molar-refractivity contribution in [2.75, 3.05) is 0 Å². The summed E-state index contributed by atoms with van der Waals surface area (Å²) in [6.45, 7) is 2.83. The standard InChI is InChI=1S/C11H15N5/c1-9(11-5-3-4-6-12-11)13-7-10-8-14-15-16(10)2/h3-6,8-9,13H,7H2,1-2H3/t9-/m0/s1. The Balaban J connectivity index is 1.94. The predicted octanol–water partition coefficient (Wildman–Crippen LogP) is 1.06. The summed E-state index contributed by atoms with van der Waals surface area (Å²) in [5, 5.41) is 11.1. The molecule has 84 valence electrons. The molecular weight excluding hydrogens is 202 g/mol. The minimum Gasteiger partial charge on any atom is -0.303 e. The van der Waals surface area contributed by atoms with Crippen LogP contribution in [0.3, 0.4) is 0 Å². The van der Waals surface area contributed by atoms with Crippen molar-refractivity contribution in [3.63, 3.8) is 0 Å². The summed E-state index contributed by atoms with van der Waals surface area (Å²) >= 11 is 0. The largest absolute Gasteiger partial charge is 0.303 e. The zero-order valence-electron chi connectivity index (χ0n) is 9.46. The molecule has 0 aliphatic carbocycles. The van der Waals surface area contributed by atoms with Gasteiger partial charge < -0.3 is 5.32 Å². The van der Waals surface area contributed by atoms with Crippen LogP contribution in [0.25, 0.3) is 0 Å². The molecule has 16 heavy (non-hydrogen) atoms. The topological polar surface area (TPSA) is 55.6 Å². The number of nitrogens with zero attached hydrogens (tertiary/aromatic N) is 4. The molecule has 1 atom stereocenters. The summed E-state index contributed by atoms with van der Waals surface area (Å²) < 4.78 is 1.76. The van der Waals surface area contributed by atoms with Crippen LogP contribution in [0, 0.1) is 0 Å². The van der Waals surface area contributed by atoms with Gasteiger partial charge in [0.1, 0.15) is 0 Å². The first kappa shape index (κ1) is 10.8. The Morgan fingerprint density at radius 1 is 1.44 bits per heavy atom. The van der Waals surface area contributed by atoms with Gasteiger partial charge in [-0.2, -0.15) is 0 Å². The lowest BCUT2D eigenvalue weighted by molar-refractivity contribution is 0.536. The second kappa shape index (κ2) is 4.85. The van der Waals surface area contributed by atoms with Gasteiger partial charge >= 0.3 is 0 Å². The van der Waals surface area contributed by atoms with Crippen LogP contribution in [-0.4, -0.2) is 20.0 Å². The first-order chi connectivity index (χ1) is 7.77. The van der Waals surface area contributed by atoms with Crippen LogP contribution < -0.4 is 5.32 Å². The Bertz CT molecular complexity index is 437. The van der Waals surface area contributed by atoms with E-state index in [1.165, 1.54) is 0 Å². The molecule has 2 heterocycles. The smallest absolute Gasteiger partial charge is 0.0738 e. The van der Waals surface area contributed by atoms with Crippen molar-refractivity contribution in [2.45, 2.75) is 19.5 Å². The Kier molecular flexibility index (Phi) is 3.26. The van der Waals surface area contributed by atoms with Crippen molar-refractivity contribution >= 4 is 0 Å². The zero-order valence-corrected chi connectivity index (χ0v) is 9.46. The maximum Gasteiger partial charge on any atom is 0.0738 e. The van der Waals surface area contributed by atoms with Gasteiger partial charge in [-0.3, -0.25) is 9.67 Å². The van der Waals surface area contributed by atoms with Crippen LogP contribution in [0.2, 0.25) is 0 Å². The van der Waals surface area contributed by atoms with Crippen molar-refractivity contribution in [3.8, 4) is 0 Å². The molecule has 0 unspecified atom stereocenters. The summed E-state index contributed by atoms with van der Waals surface area (Å²) in [5.74, 6) is 0. The van der Waals surface area contributed by atoms with Gasteiger partial charge in [0.05, 0.1) is 17.6 Å². The molecular formula is C11H15N5. The summed E-state index contributed by atoms with van der Waals surface area (Å²) in [5.41, 5.74) is 2.10. The minimum atomic E-state index is 0.219. The minimum absolute atomic E-state index is 0.219. The third-order valence-electron chi connectivity index (χ3n) is 2.53. The SMILES string of the molecule is C[C@H](NCc1cnnn1C)c1ccccn1. The van der Waals surface area contributed by atoms with Crippen molar-refractivity contribution in [1.82, 2.24) is 25.3 Å². The van der Waals surface area contributed by atoms with Crippen molar-refractivity contribution in [1.29, 1.82) is 0 Å².